The number of aromatic nitrogens is 2. The second kappa shape index (κ2) is 6.70. The molecule has 1 aliphatic heterocycles. The van der Waals surface area contributed by atoms with E-state index in [-0.39, 0.29) is 5.54 Å². The van der Waals surface area contributed by atoms with E-state index in [0.29, 0.717) is 6.10 Å². The van der Waals surface area contributed by atoms with Gasteiger partial charge >= 0.3 is 0 Å². The summed E-state index contributed by atoms with van der Waals surface area (Å²) in [5, 5.41) is 3.53. The minimum atomic E-state index is 0.155. The van der Waals surface area contributed by atoms with Crippen molar-refractivity contribution in [1.29, 1.82) is 0 Å². The molecule has 1 aromatic heterocycles. The summed E-state index contributed by atoms with van der Waals surface area (Å²) in [5.74, 6) is 0.851. The molecule has 2 N–H and O–H groups in total. The molecule has 0 bridgehead atoms. The summed E-state index contributed by atoms with van der Waals surface area (Å²) < 4.78 is 11.3. The molecule has 6 nitrogen and oxygen atoms in total. The van der Waals surface area contributed by atoms with E-state index >= 15 is 0 Å². The Hall–Kier alpha value is -1.63. The number of hydrogen-bond donors (Lipinski definition) is 2. The van der Waals surface area contributed by atoms with E-state index in [1.54, 1.807) is 0 Å². The van der Waals surface area contributed by atoms with Crippen LogP contribution in [0.2, 0.25) is 0 Å². The van der Waals surface area contributed by atoms with Crippen LogP contribution in [0.15, 0.2) is 24.3 Å². The molecule has 1 aliphatic carbocycles. The molecule has 1 aromatic carbocycles. The van der Waals surface area contributed by atoms with Gasteiger partial charge in [0.15, 0.2) is 0 Å². The lowest BCUT2D eigenvalue weighted by molar-refractivity contribution is -0.121. The van der Waals surface area contributed by atoms with E-state index in [9.17, 15) is 0 Å². The van der Waals surface area contributed by atoms with E-state index in [2.05, 4.69) is 33.2 Å². The maximum atomic E-state index is 5.81. The van der Waals surface area contributed by atoms with E-state index < -0.39 is 0 Å². The average Bonchev–Trinajstić information content (AvgIpc) is 3.00. The smallest absolute Gasteiger partial charge is 0.201 e. The molecule has 1 saturated carbocycles. The highest BCUT2D eigenvalue weighted by Crippen LogP contribution is 2.40. The van der Waals surface area contributed by atoms with Crippen LogP contribution in [-0.2, 0) is 9.47 Å². The predicted molar refractivity (Wildman–Crippen MR) is 94.4 cm³/mol. The number of imidazole rings is 1. The zero-order chi connectivity index (χ0) is 16.4. The first kappa shape index (κ1) is 15.9. The zero-order valence-corrected chi connectivity index (χ0v) is 14.3. The Morgan fingerprint density at radius 1 is 1.33 bits per heavy atom. The number of aromatic amines is 1. The lowest BCUT2D eigenvalue weighted by Crippen LogP contribution is -2.65. The Morgan fingerprint density at radius 2 is 2.12 bits per heavy atom. The number of hydrogen-bond acceptors (Lipinski definition) is 5. The molecule has 2 aliphatic rings. The largest absolute Gasteiger partial charge is 0.379 e. The Morgan fingerprint density at radius 3 is 2.88 bits per heavy atom. The molecule has 0 spiro atoms. The number of ether oxygens (including phenoxy) is 2. The van der Waals surface area contributed by atoms with Gasteiger partial charge in [0.1, 0.15) is 0 Å². The van der Waals surface area contributed by atoms with E-state index in [1.165, 1.54) is 0 Å². The maximum Gasteiger partial charge on any atom is 0.201 e. The van der Waals surface area contributed by atoms with Crippen LogP contribution in [0.5, 0.6) is 0 Å². The summed E-state index contributed by atoms with van der Waals surface area (Å²) in [6.45, 7) is 7.40. The predicted octanol–water partition coefficient (Wildman–Crippen LogP) is 2.24. The molecule has 0 amide bonds. The van der Waals surface area contributed by atoms with Gasteiger partial charge in [0.25, 0.3) is 0 Å². The number of benzene rings is 1. The number of rotatable bonds is 6. The van der Waals surface area contributed by atoms with Gasteiger partial charge in [0.2, 0.25) is 5.95 Å². The highest BCUT2D eigenvalue weighted by atomic mass is 16.5. The minimum Gasteiger partial charge on any atom is -0.379 e. The lowest BCUT2D eigenvalue weighted by Gasteiger charge is -2.55. The highest BCUT2D eigenvalue weighted by Gasteiger charge is 2.49. The lowest BCUT2D eigenvalue weighted by atomic mass is 9.72. The Kier molecular flexibility index (Phi) is 4.43. The molecule has 0 unspecified atom stereocenters. The number of nitrogens with one attached hydrogen (secondary N) is 2. The number of morpholine rings is 1. The van der Waals surface area contributed by atoms with Crippen molar-refractivity contribution in [2.45, 2.75) is 31.4 Å². The summed E-state index contributed by atoms with van der Waals surface area (Å²) in [5.41, 5.74) is 2.23. The number of anilines is 1. The molecule has 24 heavy (non-hydrogen) atoms. The average molecular weight is 330 g/mol. The van der Waals surface area contributed by atoms with Crippen LogP contribution >= 0.6 is 0 Å². The van der Waals surface area contributed by atoms with Crippen LogP contribution in [0.4, 0.5) is 5.95 Å². The molecule has 130 valence electrons. The van der Waals surface area contributed by atoms with Gasteiger partial charge in [-0.3, -0.25) is 4.90 Å². The molecule has 6 heteroatoms. The van der Waals surface area contributed by atoms with Crippen LogP contribution in [0.25, 0.3) is 11.0 Å². The fourth-order valence-corrected chi connectivity index (χ4v) is 3.98. The van der Waals surface area contributed by atoms with Gasteiger partial charge < -0.3 is 19.8 Å². The molecule has 2 fully saturated rings. The van der Waals surface area contributed by atoms with Crippen LogP contribution < -0.4 is 5.32 Å². The third-order valence-corrected chi connectivity index (χ3v) is 5.27. The first-order valence-electron chi connectivity index (χ1n) is 8.92. The quantitative estimate of drug-likeness (QED) is 0.850. The molecule has 2 aromatic rings. The Balaban J connectivity index is 1.45. The molecule has 0 atom stereocenters. The number of nitrogens with zero attached hydrogens (tertiary/aromatic N) is 2. The minimum absolute atomic E-state index is 0.155. The molecule has 1 saturated heterocycles. The van der Waals surface area contributed by atoms with Crippen molar-refractivity contribution in [1.82, 2.24) is 14.9 Å². The zero-order valence-electron chi connectivity index (χ0n) is 14.3. The topological polar surface area (TPSA) is 62.4 Å². The summed E-state index contributed by atoms with van der Waals surface area (Å²) in [7, 11) is 0. The second-order valence-electron chi connectivity index (χ2n) is 6.77. The Bertz CT molecular complexity index is 641. The van der Waals surface area contributed by atoms with Crippen molar-refractivity contribution in [2.24, 2.45) is 0 Å². The van der Waals surface area contributed by atoms with Gasteiger partial charge in [-0.15, -0.1) is 0 Å². The highest BCUT2D eigenvalue weighted by molar-refractivity contribution is 5.77. The van der Waals surface area contributed by atoms with Gasteiger partial charge in [-0.1, -0.05) is 12.1 Å². The van der Waals surface area contributed by atoms with Crippen LogP contribution in [0, 0.1) is 0 Å². The second-order valence-corrected chi connectivity index (χ2v) is 6.77. The third kappa shape index (κ3) is 3.01. The molecular weight excluding hydrogens is 304 g/mol. The van der Waals surface area contributed by atoms with Crippen molar-refractivity contribution in [2.75, 3.05) is 44.8 Å². The first-order valence-corrected chi connectivity index (χ1v) is 8.92. The van der Waals surface area contributed by atoms with Crippen molar-refractivity contribution in [3.8, 4) is 0 Å². The molecular formula is C18H26N4O2. The molecule has 4 rings (SSSR count). The fourth-order valence-electron chi connectivity index (χ4n) is 3.98. The molecule has 2 heterocycles. The van der Waals surface area contributed by atoms with E-state index in [1.807, 2.05) is 18.2 Å². The maximum absolute atomic E-state index is 5.81. The van der Waals surface area contributed by atoms with Crippen molar-refractivity contribution < 1.29 is 9.47 Å². The SMILES string of the molecule is CCOC1CC(CNc2nc3ccccc3[nH]2)(N2CCOCC2)C1. The van der Waals surface area contributed by atoms with Gasteiger partial charge in [0.05, 0.1) is 30.4 Å². The summed E-state index contributed by atoms with van der Waals surface area (Å²) >= 11 is 0. The summed E-state index contributed by atoms with van der Waals surface area (Å²) in [6.07, 6.45) is 2.54. The number of H-pyrrole nitrogens is 1. The number of para-hydroxylation sites is 2. The van der Waals surface area contributed by atoms with Crippen LogP contribution in [0.3, 0.4) is 0 Å². The standard InChI is InChI=1S/C18H26N4O2/c1-2-24-14-11-18(12-14,22-7-9-23-10-8-22)13-19-17-20-15-5-3-4-6-16(15)21-17/h3-6,14H,2,7-13H2,1H3,(H2,19,20,21). The van der Waals surface area contributed by atoms with Crippen LogP contribution in [-0.4, -0.2) is 66.0 Å². The van der Waals surface area contributed by atoms with Gasteiger partial charge in [-0.2, -0.15) is 0 Å². The monoisotopic (exact) mass is 330 g/mol. The number of fused-ring (bicyclic) bond motifs is 1. The Labute approximate surface area is 142 Å². The third-order valence-electron chi connectivity index (χ3n) is 5.27. The van der Waals surface area contributed by atoms with E-state index in [4.69, 9.17) is 9.47 Å². The first-order chi connectivity index (χ1) is 11.8. The van der Waals surface area contributed by atoms with E-state index in [0.717, 1.165) is 69.3 Å². The van der Waals surface area contributed by atoms with Gasteiger partial charge in [-0.25, -0.2) is 4.98 Å². The normalized spacial score (nSPS) is 28.0. The summed E-state index contributed by atoms with van der Waals surface area (Å²) in [6, 6.07) is 8.13. The summed E-state index contributed by atoms with van der Waals surface area (Å²) in [4.78, 5) is 10.6. The van der Waals surface area contributed by atoms with Gasteiger partial charge in [-0.05, 0) is 31.9 Å². The van der Waals surface area contributed by atoms with Crippen LogP contribution in [0.1, 0.15) is 19.8 Å². The van der Waals surface area contributed by atoms with Crippen molar-refractivity contribution >= 4 is 17.0 Å². The van der Waals surface area contributed by atoms with Gasteiger partial charge in [0, 0.05) is 31.8 Å². The fraction of sp³-hybridized carbons (Fsp3) is 0.611. The van der Waals surface area contributed by atoms with Crippen molar-refractivity contribution in [3.63, 3.8) is 0 Å². The van der Waals surface area contributed by atoms with Crippen molar-refractivity contribution in [3.05, 3.63) is 24.3 Å². The molecule has 0 radical (unpaired) electrons.